The summed E-state index contributed by atoms with van der Waals surface area (Å²) in [6, 6.07) is 8.49. The first kappa shape index (κ1) is 17.3. The van der Waals surface area contributed by atoms with E-state index in [1.165, 1.54) is 0 Å². The molecule has 6 heteroatoms. The summed E-state index contributed by atoms with van der Waals surface area (Å²) in [6.07, 6.45) is 2.36. The van der Waals surface area contributed by atoms with Crippen LogP contribution in [0.3, 0.4) is 0 Å². The van der Waals surface area contributed by atoms with Gasteiger partial charge in [-0.1, -0.05) is 18.2 Å². The van der Waals surface area contributed by atoms with Crippen molar-refractivity contribution < 1.29 is 24.2 Å². The Balaban J connectivity index is 1.70. The standard InChI is InChI=1S/C17H23NO5/c19-15(9-5-11-23-14-7-2-1-3-8-14)18-16(17(20)21)13-6-4-10-22-12-13/h1-3,7-8,13,16H,4-6,9-12H2,(H,18,19)(H,20,21). The SMILES string of the molecule is O=C(CCCOc1ccccc1)NC(C(=O)O)C1CCCOC1. The molecule has 0 spiro atoms. The molecule has 1 amide bonds. The molecule has 1 aromatic carbocycles. The predicted molar refractivity (Wildman–Crippen MR) is 84.3 cm³/mol. The van der Waals surface area contributed by atoms with Crippen LogP contribution in [0.15, 0.2) is 30.3 Å². The molecule has 0 saturated carbocycles. The quantitative estimate of drug-likeness (QED) is 0.714. The molecular weight excluding hydrogens is 298 g/mol. The third kappa shape index (κ3) is 5.90. The minimum Gasteiger partial charge on any atom is -0.494 e. The number of nitrogens with one attached hydrogen (secondary N) is 1. The van der Waals surface area contributed by atoms with Gasteiger partial charge in [0.25, 0.3) is 0 Å². The van der Waals surface area contributed by atoms with Gasteiger partial charge in [-0.25, -0.2) is 4.79 Å². The second-order valence-electron chi connectivity index (χ2n) is 5.63. The lowest BCUT2D eigenvalue weighted by Crippen LogP contribution is -2.48. The Morgan fingerprint density at radius 3 is 2.78 bits per heavy atom. The average molecular weight is 321 g/mol. The fourth-order valence-electron chi connectivity index (χ4n) is 2.59. The lowest BCUT2D eigenvalue weighted by atomic mass is 9.93. The first-order valence-electron chi connectivity index (χ1n) is 7.94. The van der Waals surface area contributed by atoms with Crippen molar-refractivity contribution >= 4 is 11.9 Å². The molecule has 2 rings (SSSR count). The summed E-state index contributed by atoms with van der Waals surface area (Å²) in [5, 5.41) is 11.9. The van der Waals surface area contributed by atoms with Gasteiger partial charge in [-0.15, -0.1) is 0 Å². The fourth-order valence-corrected chi connectivity index (χ4v) is 2.59. The Morgan fingerprint density at radius 2 is 2.13 bits per heavy atom. The minimum atomic E-state index is -1.01. The molecule has 1 saturated heterocycles. The van der Waals surface area contributed by atoms with Gasteiger partial charge in [0, 0.05) is 18.9 Å². The third-order valence-electron chi connectivity index (χ3n) is 3.81. The van der Waals surface area contributed by atoms with E-state index in [0.29, 0.717) is 26.2 Å². The number of rotatable bonds is 8. The molecule has 1 aliphatic rings. The molecule has 1 heterocycles. The van der Waals surface area contributed by atoms with E-state index in [2.05, 4.69) is 5.32 Å². The zero-order valence-electron chi connectivity index (χ0n) is 13.1. The Kier molecular flexibility index (Phi) is 6.87. The molecular formula is C17H23NO5. The lowest BCUT2D eigenvalue weighted by molar-refractivity contribution is -0.145. The highest BCUT2D eigenvalue weighted by Crippen LogP contribution is 2.18. The average Bonchev–Trinajstić information content (AvgIpc) is 2.58. The van der Waals surface area contributed by atoms with Crippen LogP contribution in [0.1, 0.15) is 25.7 Å². The van der Waals surface area contributed by atoms with Crippen LogP contribution in [0.4, 0.5) is 0 Å². The molecule has 1 fully saturated rings. The normalized spacial score (nSPS) is 18.9. The van der Waals surface area contributed by atoms with Crippen LogP contribution in [-0.4, -0.2) is 42.8 Å². The number of para-hydroxylation sites is 1. The molecule has 1 aliphatic heterocycles. The molecule has 2 N–H and O–H groups in total. The van der Waals surface area contributed by atoms with Crippen LogP contribution in [0.2, 0.25) is 0 Å². The van der Waals surface area contributed by atoms with Gasteiger partial charge >= 0.3 is 5.97 Å². The first-order chi connectivity index (χ1) is 11.2. The largest absolute Gasteiger partial charge is 0.494 e. The van der Waals surface area contributed by atoms with Crippen LogP contribution in [0.25, 0.3) is 0 Å². The van der Waals surface area contributed by atoms with E-state index in [1.54, 1.807) is 0 Å². The maximum absolute atomic E-state index is 11.9. The van der Waals surface area contributed by atoms with Gasteiger partial charge in [-0.3, -0.25) is 4.79 Å². The van der Waals surface area contributed by atoms with Gasteiger partial charge in [-0.2, -0.15) is 0 Å². The number of hydrogen-bond acceptors (Lipinski definition) is 4. The Bertz CT molecular complexity index is 499. The van der Waals surface area contributed by atoms with E-state index in [1.807, 2.05) is 30.3 Å². The van der Waals surface area contributed by atoms with Crippen molar-refractivity contribution in [1.82, 2.24) is 5.32 Å². The highest BCUT2D eigenvalue weighted by molar-refractivity contribution is 5.83. The van der Waals surface area contributed by atoms with Crippen LogP contribution < -0.4 is 10.1 Å². The fraction of sp³-hybridized carbons (Fsp3) is 0.529. The van der Waals surface area contributed by atoms with Crippen LogP contribution in [-0.2, 0) is 14.3 Å². The monoisotopic (exact) mass is 321 g/mol. The molecule has 0 bridgehead atoms. The number of hydrogen-bond donors (Lipinski definition) is 2. The molecule has 2 atom stereocenters. The smallest absolute Gasteiger partial charge is 0.326 e. The Morgan fingerprint density at radius 1 is 1.35 bits per heavy atom. The van der Waals surface area contributed by atoms with E-state index in [4.69, 9.17) is 9.47 Å². The predicted octanol–water partition coefficient (Wildman–Crippen LogP) is 1.84. The van der Waals surface area contributed by atoms with Crippen molar-refractivity contribution in [2.24, 2.45) is 5.92 Å². The van der Waals surface area contributed by atoms with Gasteiger partial charge in [0.2, 0.25) is 5.91 Å². The number of carbonyl (C=O) groups is 2. The van der Waals surface area contributed by atoms with Crippen molar-refractivity contribution in [3.8, 4) is 5.75 Å². The number of aliphatic carboxylic acids is 1. The summed E-state index contributed by atoms with van der Waals surface area (Å²) >= 11 is 0. The lowest BCUT2D eigenvalue weighted by Gasteiger charge is -2.28. The number of ether oxygens (including phenoxy) is 2. The molecule has 0 aromatic heterocycles. The highest BCUT2D eigenvalue weighted by Gasteiger charge is 2.31. The van der Waals surface area contributed by atoms with Crippen LogP contribution >= 0.6 is 0 Å². The van der Waals surface area contributed by atoms with Crippen molar-refractivity contribution in [1.29, 1.82) is 0 Å². The first-order valence-corrected chi connectivity index (χ1v) is 7.94. The topological polar surface area (TPSA) is 84.9 Å². The second kappa shape index (κ2) is 9.15. The van der Waals surface area contributed by atoms with Gasteiger partial charge in [0.1, 0.15) is 11.8 Å². The maximum Gasteiger partial charge on any atom is 0.326 e. The minimum absolute atomic E-state index is 0.161. The van der Waals surface area contributed by atoms with Gasteiger partial charge in [-0.05, 0) is 31.4 Å². The number of carbonyl (C=O) groups excluding carboxylic acids is 1. The summed E-state index contributed by atoms with van der Waals surface area (Å²) in [5.74, 6) is -0.671. The zero-order chi connectivity index (χ0) is 16.5. The van der Waals surface area contributed by atoms with E-state index < -0.39 is 12.0 Å². The summed E-state index contributed by atoms with van der Waals surface area (Å²) in [6.45, 7) is 1.46. The summed E-state index contributed by atoms with van der Waals surface area (Å²) < 4.78 is 10.8. The molecule has 1 aromatic rings. The van der Waals surface area contributed by atoms with E-state index in [9.17, 15) is 14.7 Å². The van der Waals surface area contributed by atoms with Crippen molar-refractivity contribution in [2.75, 3.05) is 19.8 Å². The molecule has 0 aliphatic carbocycles. The van der Waals surface area contributed by atoms with Crippen LogP contribution in [0, 0.1) is 5.92 Å². The third-order valence-corrected chi connectivity index (χ3v) is 3.81. The van der Waals surface area contributed by atoms with Crippen molar-refractivity contribution in [3.05, 3.63) is 30.3 Å². The number of carboxylic acids is 1. The summed E-state index contributed by atoms with van der Waals surface area (Å²) in [5.41, 5.74) is 0. The van der Waals surface area contributed by atoms with Crippen molar-refractivity contribution in [2.45, 2.75) is 31.7 Å². The second-order valence-corrected chi connectivity index (χ2v) is 5.63. The van der Waals surface area contributed by atoms with Crippen molar-refractivity contribution in [3.63, 3.8) is 0 Å². The van der Waals surface area contributed by atoms with Gasteiger partial charge < -0.3 is 19.9 Å². The number of amides is 1. The molecule has 6 nitrogen and oxygen atoms in total. The van der Waals surface area contributed by atoms with Gasteiger partial charge in [0.15, 0.2) is 0 Å². The summed E-state index contributed by atoms with van der Waals surface area (Å²) in [7, 11) is 0. The summed E-state index contributed by atoms with van der Waals surface area (Å²) in [4.78, 5) is 23.3. The Labute approximate surface area is 135 Å². The molecule has 2 unspecified atom stereocenters. The highest BCUT2D eigenvalue weighted by atomic mass is 16.5. The molecule has 0 radical (unpaired) electrons. The van der Waals surface area contributed by atoms with Gasteiger partial charge in [0.05, 0.1) is 13.2 Å². The van der Waals surface area contributed by atoms with E-state index >= 15 is 0 Å². The maximum atomic E-state index is 11.9. The zero-order valence-corrected chi connectivity index (χ0v) is 13.1. The molecule has 23 heavy (non-hydrogen) atoms. The van der Waals surface area contributed by atoms with E-state index in [-0.39, 0.29) is 18.2 Å². The number of benzene rings is 1. The Hall–Kier alpha value is -2.08. The molecule has 126 valence electrons. The van der Waals surface area contributed by atoms with Crippen LogP contribution in [0.5, 0.6) is 5.75 Å². The van der Waals surface area contributed by atoms with E-state index in [0.717, 1.165) is 18.6 Å². The number of carboxylic acid groups (broad SMARTS) is 1.